The molecule has 17 heavy (non-hydrogen) atoms. The predicted octanol–water partition coefficient (Wildman–Crippen LogP) is 2.57. The Morgan fingerprint density at radius 2 is 2.12 bits per heavy atom. The minimum Gasteiger partial charge on any atom is -0.391 e. The van der Waals surface area contributed by atoms with Crippen molar-refractivity contribution in [2.45, 2.75) is 32.4 Å². The molecule has 1 heterocycles. The number of aromatic amines is 1. The third-order valence-electron chi connectivity index (χ3n) is 3.58. The number of nitrogens with two attached hydrogens (primary N) is 1. The van der Waals surface area contributed by atoms with Gasteiger partial charge >= 0.3 is 0 Å². The minimum absolute atomic E-state index is 0.208. The van der Waals surface area contributed by atoms with Crippen molar-refractivity contribution >= 4 is 10.9 Å². The Kier molecular flexibility index (Phi) is 3.50. The van der Waals surface area contributed by atoms with E-state index in [9.17, 15) is 5.11 Å². The Labute approximate surface area is 102 Å². The molecule has 0 aliphatic carbocycles. The van der Waals surface area contributed by atoms with Gasteiger partial charge in [-0.3, -0.25) is 0 Å². The average molecular weight is 232 g/mol. The monoisotopic (exact) mass is 232 g/mol. The summed E-state index contributed by atoms with van der Waals surface area (Å²) in [6.07, 6.45) is 2.33. The highest BCUT2D eigenvalue weighted by atomic mass is 16.3. The largest absolute Gasteiger partial charge is 0.391 e. The molecule has 3 heteroatoms. The standard InChI is InChI=1S/C14H20N2O/c1-3-9(2)14(17)13(15)11-5-4-6-12-10(11)7-8-16-12/h4-9,13-14,16-17H,3,15H2,1-2H3/t9?,13-,14+/m1/s1. The zero-order chi connectivity index (χ0) is 12.4. The van der Waals surface area contributed by atoms with Crippen LogP contribution in [0.2, 0.25) is 0 Å². The van der Waals surface area contributed by atoms with Crippen molar-refractivity contribution in [3.63, 3.8) is 0 Å². The fourth-order valence-corrected chi connectivity index (χ4v) is 2.18. The zero-order valence-corrected chi connectivity index (χ0v) is 10.4. The second-order valence-electron chi connectivity index (χ2n) is 4.69. The second kappa shape index (κ2) is 4.90. The van der Waals surface area contributed by atoms with Gasteiger partial charge in [-0.05, 0) is 23.6 Å². The van der Waals surface area contributed by atoms with Gasteiger partial charge in [-0.25, -0.2) is 0 Å². The van der Waals surface area contributed by atoms with E-state index in [0.717, 1.165) is 22.9 Å². The number of benzene rings is 1. The molecule has 4 N–H and O–H groups in total. The molecule has 0 fully saturated rings. The van der Waals surface area contributed by atoms with Crippen LogP contribution in [-0.2, 0) is 0 Å². The zero-order valence-electron chi connectivity index (χ0n) is 10.4. The van der Waals surface area contributed by atoms with E-state index in [-0.39, 0.29) is 12.0 Å². The molecule has 2 rings (SSSR count). The van der Waals surface area contributed by atoms with Gasteiger partial charge in [-0.2, -0.15) is 0 Å². The molecule has 0 bridgehead atoms. The summed E-state index contributed by atoms with van der Waals surface area (Å²) < 4.78 is 0. The van der Waals surface area contributed by atoms with E-state index in [4.69, 9.17) is 5.73 Å². The summed E-state index contributed by atoms with van der Waals surface area (Å²) in [6, 6.07) is 7.66. The normalized spacial score (nSPS) is 16.9. The number of fused-ring (bicyclic) bond motifs is 1. The molecule has 0 spiro atoms. The Morgan fingerprint density at radius 3 is 2.82 bits per heavy atom. The first-order valence-corrected chi connectivity index (χ1v) is 6.14. The highest BCUT2D eigenvalue weighted by Crippen LogP contribution is 2.27. The van der Waals surface area contributed by atoms with Gasteiger partial charge in [-0.15, -0.1) is 0 Å². The third kappa shape index (κ3) is 2.21. The van der Waals surface area contributed by atoms with Gasteiger partial charge in [0, 0.05) is 17.1 Å². The van der Waals surface area contributed by atoms with E-state index in [0.29, 0.717) is 0 Å². The van der Waals surface area contributed by atoms with E-state index in [1.165, 1.54) is 0 Å². The molecule has 0 aliphatic heterocycles. The van der Waals surface area contributed by atoms with E-state index in [1.54, 1.807) is 0 Å². The van der Waals surface area contributed by atoms with Gasteiger partial charge in [0.05, 0.1) is 12.1 Å². The summed E-state index contributed by atoms with van der Waals surface area (Å²) in [6.45, 7) is 4.10. The van der Waals surface area contributed by atoms with Crippen molar-refractivity contribution in [3.05, 3.63) is 36.0 Å². The highest BCUT2D eigenvalue weighted by Gasteiger charge is 2.23. The van der Waals surface area contributed by atoms with Crippen LogP contribution in [0.3, 0.4) is 0 Å². The molecule has 92 valence electrons. The van der Waals surface area contributed by atoms with Crippen molar-refractivity contribution in [2.75, 3.05) is 0 Å². The molecule has 0 saturated heterocycles. The summed E-state index contributed by atoms with van der Waals surface area (Å²) in [5.41, 5.74) is 8.25. The molecule has 1 aromatic carbocycles. The van der Waals surface area contributed by atoms with E-state index >= 15 is 0 Å². The second-order valence-corrected chi connectivity index (χ2v) is 4.69. The van der Waals surface area contributed by atoms with Crippen LogP contribution < -0.4 is 5.73 Å². The summed E-state index contributed by atoms with van der Waals surface area (Å²) in [5.74, 6) is 0.208. The van der Waals surface area contributed by atoms with Gasteiger partial charge in [-0.1, -0.05) is 32.4 Å². The van der Waals surface area contributed by atoms with Crippen LogP contribution in [0.5, 0.6) is 0 Å². The molecule has 0 saturated carbocycles. The molecule has 2 aromatic rings. The lowest BCUT2D eigenvalue weighted by Gasteiger charge is -2.24. The molecule has 0 radical (unpaired) electrons. The Balaban J connectivity index is 2.36. The molecular weight excluding hydrogens is 212 g/mol. The number of hydrogen-bond acceptors (Lipinski definition) is 2. The van der Waals surface area contributed by atoms with Crippen LogP contribution in [-0.4, -0.2) is 16.2 Å². The van der Waals surface area contributed by atoms with Crippen molar-refractivity contribution in [1.82, 2.24) is 4.98 Å². The Hall–Kier alpha value is -1.32. The fourth-order valence-electron chi connectivity index (χ4n) is 2.18. The highest BCUT2D eigenvalue weighted by molar-refractivity contribution is 5.83. The van der Waals surface area contributed by atoms with Crippen LogP contribution in [0.4, 0.5) is 0 Å². The lowest BCUT2D eigenvalue weighted by atomic mass is 9.90. The number of aromatic nitrogens is 1. The van der Waals surface area contributed by atoms with Crippen LogP contribution in [0.1, 0.15) is 31.9 Å². The van der Waals surface area contributed by atoms with Gasteiger partial charge in [0.1, 0.15) is 0 Å². The van der Waals surface area contributed by atoms with E-state index in [2.05, 4.69) is 11.9 Å². The van der Waals surface area contributed by atoms with Crippen LogP contribution in [0, 0.1) is 5.92 Å². The smallest absolute Gasteiger partial charge is 0.0758 e. The van der Waals surface area contributed by atoms with Gasteiger partial charge in [0.25, 0.3) is 0 Å². The molecular formula is C14H20N2O. The van der Waals surface area contributed by atoms with Gasteiger partial charge in [0.15, 0.2) is 0 Å². The number of aliphatic hydroxyl groups excluding tert-OH is 1. The summed E-state index contributed by atoms with van der Waals surface area (Å²) in [4.78, 5) is 3.16. The van der Waals surface area contributed by atoms with Crippen LogP contribution >= 0.6 is 0 Å². The Bertz CT molecular complexity index is 492. The number of hydrogen-bond donors (Lipinski definition) is 3. The van der Waals surface area contributed by atoms with Gasteiger partial charge in [0.2, 0.25) is 0 Å². The lowest BCUT2D eigenvalue weighted by molar-refractivity contribution is 0.0884. The first-order valence-electron chi connectivity index (χ1n) is 6.14. The molecule has 3 atom stereocenters. The first kappa shape index (κ1) is 12.1. The fraction of sp³-hybridized carbons (Fsp3) is 0.429. The molecule has 0 aliphatic rings. The van der Waals surface area contributed by atoms with Gasteiger partial charge < -0.3 is 15.8 Å². The number of rotatable bonds is 4. The minimum atomic E-state index is -0.500. The SMILES string of the molecule is CCC(C)[C@H](O)[C@H](N)c1cccc2[nH]ccc12. The first-order chi connectivity index (χ1) is 8.15. The van der Waals surface area contributed by atoms with Crippen LogP contribution in [0.25, 0.3) is 10.9 Å². The maximum atomic E-state index is 10.2. The van der Waals surface area contributed by atoms with Crippen molar-refractivity contribution < 1.29 is 5.11 Å². The quantitative estimate of drug-likeness (QED) is 0.758. The third-order valence-corrected chi connectivity index (χ3v) is 3.58. The molecule has 3 nitrogen and oxygen atoms in total. The Morgan fingerprint density at radius 1 is 1.35 bits per heavy atom. The van der Waals surface area contributed by atoms with Crippen LogP contribution in [0.15, 0.2) is 30.5 Å². The molecule has 1 unspecified atom stereocenters. The average Bonchev–Trinajstić information content (AvgIpc) is 2.83. The van der Waals surface area contributed by atoms with Crippen molar-refractivity contribution in [1.29, 1.82) is 0 Å². The van der Waals surface area contributed by atoms with Crippen molar-refractivity contribution in [2.24, 2.45) is 11.7 Å². The summed E-state index contributed by atoms with van der Waals surface area (Å²) >= 11 is 0. The number of aliphatic hydroxyl groups is 1. The van der Waals surface area contributed by atoms with Crippen molar-refractivity contribution in [3.8, 4) is 0 Å². The summed E-state index contributed by atoms with van der Waals surface area (Å²) in [7, 11) is 0. The molecule has 0 amide bonds. The predicted molar refractivity (Wildman–Crippen MR) is 70.7 cm³/mol. The molecule has 1 aromatic heterocycles. The van der Waals surface area contributed by atoms with E-state index in [1.807, 2.05) is 37.4 Å². The maximum absolute atomic E-state index is 10.2. The lowest BCUT2D eigenvalue weighted by Crippen LogP contribution is -2.31. The topological polar surface area (TPSA) is 62.0 Å². The summed E-state index contributed by atoms with van der Waals surface area (Å²) in [5, 5.41) is 11.3. The maximum Gasteiger partial charge on any atom is 0.0758 e. The number of nitrogens with one attached hydrogen (secondary N) is 1. The van der Waals surface area contributed by atoms with E-state index < -0.39 is 6.10 Å². The number of H-pyrrole nitrogens is 1.